The fourth-order valence-corrected chi connectivity index (χ4v) is 2.74. The van der Waals surface area contributed by atoms with E-state index in [1.54, 1.807) is 11.3 Å². The van der Waals surface area contributed by atoms with E-state index in [4.69, 9.17) is 0 Å². The molecule has 0 radical (unpaired) electrons. The van der Waals surface area contributed by atoms with Crippen molar-refractivity contribution in [3.63, 3.8) is 0 Å². The van der Waals surface area contributed by atoms with Crippen molar-refractivity contribution in [3.05, 3.63) is 35.7 Å². The molecule has 0 amide bonds. The summed E-state index contributed by atoms with van der Waals surface area (Å²) in [4.78, 5) is 1.04. The maximum absolute atomic E-state index is 3.97. The maximum atomic E-state index is 3.97. The van der Waals surface area contributed by atoms with E-state index in [1.807, 2.05) is 24.6 Å². The van der Waals surface area contributed by atoms with E-state index in [2.05, 4.69) is 44.1 Å². The first kappa shape index (κ1) is 10.9. The first-order valence-corrected chi connectivity index (χ1v) is 6.37. The lowest BCUT2D eigenvalue weighted by atomic mass is 10.0. The van der Waals surface area contributed by atoms with Crippen molar-refractivity contribution in [2.24, 2.45) is 0 Å². The van der Waals surface area contributed by atoms with Crippen molar-refractivity contribution in [3.8, 4) is 21.8 Å². The molecule has 0 aliphatic rings. The summed E-state index contributed by atoms with van der Waals surface area (Å²) in [5.74, 6) is 0.700. The number of anilines is 1. The predicted octanol–water partition coefficient (Wildman–Crippen LogP) is 2.64. The summed E-state index contributed by atoms with van der Waals surface area (Å²) in [7, 11) is 1.92. The van der Waals surface area contributed by atoms with Crippen molar-refractivity contribution in [2.45, 2.75) is 0 Å². The maximum Gasteiger partial charge on any atom is 0.190 e. The summed E-state index contributed by atoms with van der Waals surface area (Å²) in [6.07, 6.45) is 0. The SMILES string of the molecule is CNc1ccccc1-c1ccsc1-c1nnn[nH]1. The van der Waals surface area contributed by atoms with Crippen LogP contribution in [0.15, 0.2) is 35.7 Å². The molecule has 2 N–H and O–H groups in total. The van der Waals surface area contributed by atoms with Gasteiger partial charge in [0.1, 0.15) is 0 Å². The molecular weight excluding hydrogens is 246 g/mol. The van der Waals surface area contributed by atoms with Crippen molar-refractivity contribution in [1.82, 2.24) is 20.6 Å². The highest BCUT2D eigenvalue weighted by Crippen LogP contribution is 2.37. The second-order valence-corrected chi connectivity index (χ2v) is 4.62. The lowest BCUT2D eigenvalue weighted by molar-refractivity contribution is 0.881. The number of nitrogens with one attached hydrogen (secondary N) is 2. The Morgan fingerprint density at radius 1 is 1.17 bits per heavy atom. The number of hydrogen-bond acceptors (Lipinski definition) is 5. The van der Waals surface area contributed by atoms with Crippen LogP contribution in [0.25, 0.3) is 21.8 Å². The van der Waals surface area contributed by atoms with E-state index >= 15 is 0 Å². The van der Waals surface area contributed by atoms with Gasteiger partial charge in [-0.1, -0.05) is 18.2 Å². The van der Waals surface area contributed by atoms with Crippen LogP contribution < -0.4 is 5.32 Å². The third-order valence-corrected chi connectivity index (χ3v) is 3.63. The van der Waals surface area contributed by atoms with E-state index in [-0.39, 0.29) is 0 Å². The number of H-pyrrole nitrogens is 1. The van der Waals surface area contributed by atoms with Gasteiger partial charge in [-0.25, -0.2) is 5.10 Å². The molecule has 0 saturated heterocycles. The van der Waals surface area contributed by atoms with Gasteiger partial charge in [-0.3, -0.25) is 0 Å². The fraction of sp³-hybridized carbons (Fsp3) is 0.0833. The first-order chi connectivity index (χ1) is 8.90. The van der Waals surface area contributed by atoms with Crippen LogP contribution in [-0.4, -0.2) is 27.7 Å². The number of tetrazole rings is 1. The average molecular weight is 257 g/mol. The van der Waals surface area contributed by atoms with Crippen LogP contribution in [0.3, 0.4) is 0 Å². The number of benzene rings is 1. The topological polar surface area (TPSA) is 66.5 Å². The van der Waals surface area contributed by atoms with E-state index < -0.39 is 0 Å². The molecule has 2 heterocycles. The second-order valence-electron chi connectivity index (χ2n) is 3.71. The fourth-order valence-electron chi connectivity index (χ4n) is 1.90. The van der Waals surface area contributed by atoms with Gasteiger partial charge in [0.2, 0.25) is 0 Å². The molecule has 90 valence electrons. The molecule has 0 aliphatic carbocycles. The zero-order valence-corrected chi connectivity index (χ0v) is 10.5. The van der Waals surface area contributed by atoms with E-state index in [9.17, 15) is 0 Å². The smallest absolute Gasteiger partial charge is 0.190 e. The lowest BCUT2D eigenvalue weighted by Gasteiger charge is -2.08. The number of aromatic nitrogens is 4. The quantitative estimate of drug-likeness (QED) is 0.757. The predicted molar refractivity (Wildman–Crippen MR) is 72.5 cm³/mol. The Labute approximate surface area is 108 Å². The molecule has 5 nitrogen and oxygen atoms in total. The molecule has 0 spiro atoms. The summed E-state index contributed by atoms with van der Waals surface area (Å²) in [6.45, 7) is 0. The summed E-state index contributed by atoms with van der Waals surface area (Å²) in [5.41, 5.74) is 3.36. The van der Waals surface area contributed by atoms with Gasteiger partial charge in [0.25, 0.3) is 0 Å². The summed E-state index contributed by atoms with van der Waals surface area (Å²) in [6, 6.07) is 10.3. The van der Waals surface area contributed by atoms with Gasteiger partial charge in [0.15, 0.2) is 5.82 Å². The largest absolute Gasteiger partial charge is 0.388 e. The monoisotopic (exact) mass is 257 g/mol. The number of nitrogens with zero attached hydrogens (tertiary/aromatic N) is 3. The van der Waals surface area contributed by atoms with Gasteiger partial charge in [-0.15, -0.1) is 16.4 Å². The Hall–Kier alpha value is -2.21. The zero-order valence-electron chi connectivity index (χ0n) is 9.71. The molecule has 0 saturated carbocycles. The number of hydrogen-bond donors (Lipinski definition) is 2. The van der Waals surface area contributed by atoms with Gasteiger partial charge < -0.3 is 5.32 Å². The van der Waals surface area contributed by atoms with Crippen LogP contribution in [0.1, 0.15) is 0 Å². The first-order valence-electron chi connectivity index (χ1n) is 5.49. The molecule has 3 aromatic rings. The summed E-state index contributed by atoms with van der Waals surface area (Å²) in [5, 5.41) is 19.3. The Kier molecular flexibility index (Phi) is 2.77. The highest BCUT2D eigenvalue weighted by molar-refractivity contribution is 7.14. The van der Waals surface area contributed by atoms with E-state index in [1.165, 1.54) is 0 Å². The lowest BCUT2D eigenvalue weighted by Crippen LogP contribution is -1.91. The molecule has 6 heteroatoms. The Bertz CT molecular complexity index is 644. The molecule has 0 bridgehead atoms. The standard InChI is InChI=1S/C12H11N5S/c1-13-10-5-3-2-4-8(10)9-6-7-18-11(9)12-14-16-17-15-12/h2-7,13H,1H3,(H,14,15,16,17). The number of para-hydroxylation sites is 1. The van der Waals surface area contributed by atoms with Crippen molar-refractivity contribution < 1.29 is 0 Å². The Morgan fingerprint density at radius 2 is 2.06 bits per heavy atom. The molecule has 0 fully saturated rings. The van der Waals surface area contributed by atoms with E-state index in [0.29, 0.717) is 5.82 Å². The Morgan fingerprint density at radius 3 is 2.83 bits per heavy atom. The van der Waals surface area contributed by atoms with Gasteiger partial charge in [0, 0.05) is 23.9 Å². The minimum absolute atomic E-state index is 0.700. The minimum atomic E-state index is 0.700. The minimum Gasteiger partial charge on any atom is -0.388 e. The average Bonchev–Trinajstić information content (AvgIpc) is 3.09. The van der Waals surface area contributed by atoms with Crippen LogP contribution in [0, 0.1) is 0 Å². The van der Waals surface area contributed by atoms with Gasteiger partial charge >= 0.3 is 0 Å². The summed E-state index contributed by atoms with van der Waals surface area (Å²) >= 11 is 1.62. The van der Waals surface area contributed by atoms with Gasteiger partial charge in [-0.05, 0) is 27.9 Å². The third-order valence-electron chi connectivity index (χ3n) is 2.71. The van der Waals surface area contributed by atoms with Gasteiger partial charge in [-0.2, -0.15) is 0 Å². The third kappa shape index (κ3) is 1.76. The highest BCUT2D eigenvalue weighted by Gasteiger charge is 2.14. The van der Waals surface area contributed by atoms with E-state index in [0.717, 1.165) is 21.7 Å². The normalized spacial score (nSPS) is 10.5. The molecule has 3 rings (SSSR count). The highest BCUT2D eigenvalue weighted by atomic mass is 32.1. The number of aromatic amines is 1. The number of thiophene rings is 1. The van der Waals surface area contributed by atoms with Gasteiger partial charge in [0.05, 0.1) is 4.88 Å². The van der Waals surface area contributed by atoms with Crippen LogP contribution in [0.4, 0.5) is 5.69 Å². The second kappa shape index (κ2) is 4.58. The summed E-state index contributed by atoms with van der Waals surface area (Å²) < 4.78 is 0. The molecule has 0 atom stereocenters. The zero-order chi connectivity index (χ0) is 12.4. The van der Waals surface area contributed by atoms with Crippen molar-refractivity contribution in [2.75, 3.05) is 12.4 Å². The molecule has 18 heavy (non-hydrogen) atoms. The van der Waals surface area contributed by atoms with Crippen LogP contribution in [0.5, 0.6) is 0 Å². The van der Waals surface area contributed by atoms with Crippen LogP contribution in [0.2, 0.25) is 0 Å². The molecular formula is C12H11N5S. The molecule has 0 unspecified atom stereocenters. The van der Waals surface area contributed by atoms with Crippen LogP contribution in [-0.2, 0) is 0 Å². The Balaban J connectivity index is 2.16. The van der Waals surface area contributed by atoms with Crippen molar-refractivity contribution in [1.29, 1.82) is 0 Å². The van der Waals surface area contributed by atoms with Crippen molar-refractivity contribution >= 4 is 17.0 Å². The van der Waals surface area contributed by atoms with Crippen LogP contribution >= 0.6 is 11.3 Å². The molecule has 2 aromatic heterocycles. The molecule has 0 aliphatic heterocycles. The molecule has 1 aromatic carbocycles. The number of rotatable bonds is 3.